The van der Waals surface area contributed by atoms with Crippen molar-refractivity contribution in [1.29, 1.82) is 0 Å². The molecule has 0 aliphatic carbocycles. The first-order valence-electron chi connectivity index (χ1n) is 6.93. The van der Waals surface area contributed by atoms with Crippen LogP contribution in [0.15, 0.2) is 24.3 Å². The highest BCUT2D eigenvalue weighted by molar-refractivity contribution is 5.25. The van der Waals surface area contributed by atoms with Crippen molar-refractivity contribution in [2.24, 2.45) is 0 Å². The van der Waals surface area contributed by atoms with Gasteiger partial charge in [0, 0.05) is 6.61 Å². The number of aliphatic hydroxyl groups excluding tert-OH is 1. The van der Waals surface area contributed by atoms with Crippen molar-refractivity contribution in [3.8, 4) is 0 Å². The SMILES string of the molecule is CC(C)c1cccc(CCCCCCCO)c1. The lowest BCUT2D eigenvalue weighted by atomic mass is 9.98. The fraction of sp³-hybridized carbons (Fsp3) is 0.625. The molecule has 0 fully saturated rings. The maximum atomic E-state index is 8.68. The summed E-state index contributed by atoms with van der Waals surface area (Å²) >= 11 is 0. The van der Waals surface area contributed by atoms with Crippen LogP contribution in [0.2, 0.25) is 0 Å². The zero-order valence-corrected chi connectivity index (χ0v) is 11.3. The topological polar surface area (TPSA) is 20.2 Å². The highest BCUT2D eigenvalue weighted by Crippen LogP contribution is 2.17. The molecule has 0 aromatic heterocycles. The average molecular weight is 234 g/mol. The van der Waals surface area contributed by atoms with E-state index in [-0.39, 0.29) is 0 Å². The maximum Gasteiger partial charge on any atom is 0.0431 e. The van der Waals surface area contributed by atoms with Gasteiger partial charge in [-0.1, -0.05) is 57.4 Å². The first kappa shape index (κ1) is 14.2. The van der Waals surface area contributed by atoms with Gasteiger partial charge in [0.2, 0.25) is 0 Å². The summed E-state index contributed by atoms with van der Waals surface area (Å²) in [7, 11) is 0. The minimum atomic E-state index is 0.344. The van der Waals surface area contributed by atoms with Gasteiger partial charge in [-0.25, -0.2) is 0 Å². The van der Waals surface area contributed by atoms with E-state index in [0.29, 0.717) is 12.5 Å². The molecular weight excluding hydrogens is 208 g/mol. The Morgan fingerprint density at radius 2 is 1.71 bits per heavy atom. The van der Waals surface area contributed by atoms with E-state index in [2.05, 4.69) is 38.1 Å². The van der Waals surface area contributed by atoms with Gasteiger partial charge in [-0.3, -0.25) is 0 Å². The van der Waals surface area contributed by atoms with Gasteiger partial charge < -0.3 is 5.11 Å². The summed E-state index contributed by atoms with van der Waals surface area (Å²) in [6.07, 6.45) is 7.13. The second kappa shape index (κ2) is 8.30. The lowest BCUT2D eigenvalue weighted by molar-refractivity contribution is 0.282. The van der Waals surface area contributed by atoms with E-state index in [4.69, 9.17) is 5.11 Å². The number of rotatable bonds is 8. The van der Waals surface area contributed by atoms with Gasteiger partial charge >= 0.3 is 0 Å². The summed E-state index contributed by atoms with van der Waals surface area (Å²) in [6, 6.07) is 8.98. The molecular formula is C16H26O. The van der Waals surface area contributed by atoms with E-state index in [1.54, 1.807) is 0 Å². The standard InChI is InChI=1S/C16H26O/c1-14(2)16-11-8-10-15(13-16)9-6-4-3-5-7-12-17/h8,10-11,13-14,17H,3-7,9,12H2,1-2H3. The summed E-state index contributed by atoms with van der Waals surface area (Å²) in [5.74, 6) is 0.625. The van der Waals surface area contributed by atoms with Crippen molar-refractivity contribution in [2.75, 3.05) is 6.61 Å². The Kier molecular flexibility index (Phi) is 6.95. The third kappa shape index (κ3) is 5.88. The van der Waals surface area contributed by atoms with E-state index >= 15 is 0 Å². The zero-order chi connectivity index (χ0) is 12.5. The quantitative estimate of drug-likeness (QED) is 0.665. The molecule has 0 unspecified atom stereocenters. The van der Waals surface area contributed by atoms with Gasteiger partial charge in [0.15, 0.2) is 0 Å². The summed E-state index contributed by atoms with van der Waals surface area (Å²) in [4.78, 5) is 0. The normalized spacial score (nSPS) is 11.1. The fourth-order valence-electron chi connectivity index (χ4n) is 2.08. The molecule has 96 valence electrons. The highest BCUT2D eigenvalue weighted by atomic mass is 16.2. The molecule has 1 aromatic carbocycles. The van der Waals surface area contributed by atoms with Gasteiger partial charge in [0.1, 0.15) is 0 Å². The van der Waals surface area contributed by atoms with Gasteiger partial charge in [-0.2, -0.15) is 0 Å². The molecule has 0 radical (unpaired) electrons. The fourth-order valence-corrected chi connectivity index (χ4v) is 2.08. The number of unbranched alkanes of at least 4 members (excludes halogenated alkanes) is 4. The zero-order valence-electron chi connectivity index (χ0n) is 11.3. The van der Waals surface area contributed by atoms with E-state index in [1.807, 2.05) is 0 Å². The molecule has 0 aliphatic rings. The molecule has 0 atom stereocenters. The van der Waals surface area contributed by atoms with Crippen LogP contribution in [-0.4, -0.2) is 11.7 Å². The number of aryl methyl sites for hydroxylation is 1. The molecule has 0 saturated heterocycles. The third-order valence-corrected chi connectivity index (χ3v) is 3.24. The maximum absolute atomic E-state index is 8.68. The van der Waals surface area contributed by atoms with Crippen molar-refractivity contribution < 1.29 is 5.11 Å². The van der Waals surface area contributed by atoms with Crippen LogP contribution in [0.5, 0.6) is 0 Å². The van der Waals surface area contributed by atoms with Crippen molar-refractivity contribution in [1.82, 2.24) is 0 Å². The van der Waals surface area contributed by atoms with E-state index in [0.717, 1.165) is 6.42 Å². The molecule has 1 rings (SSSR count). The van der Waals surface area contributed by atoms with Gasteiger partial charge in [0.25, 0.3) is 0 Å². The minimum Gasteiger partial charge on any atom is -0.396 e. The second-order valence-corrected chi connectivity index (χ2v) is 5.14. The van der Waals surface area contributed by atoms with E-state index < -0.39 is 0 Å². The monoisotopic (exact) mass is 234 g/mol. The number of hydrogen-bond acceptors (Lipinski definition) is 1. The van der Waals surface area contributed by atoms with Crippen LogP contribution in [0.25, 0.3) is 0 Å². The molecule has 0 heterocycles. The Morgan fingerprint density at radius 1 is 1.00 bits per heavy atom. The average Bonchev–Trinajstić information content (AvgIpc) is 2.34. The van der Waals surface area contributed by atoms with Gasteiger partial charge in [-0.15, -0.1) is 0 Å². The van der Waals surface area contributed by atoms with Crippen molar-refractivity contribution >= 4 is 0 Å². The Morgan fingerprint density at radius 3 is 2.41 bits per heavy atom. The summed E-state index contributed by atoms with van der Waals surface area (Å²) in [6.45, 7) is 4.83. The van der Waals surface area contributed by atoms with Crippen LogP contribution >= 0.6 is 0 Å². The summed E-state index contributed by atoms with van der Waals surface area (Å²) in [5, 5.41) is 8.68. The minimum absolute atomic E-state index is 0.344. The van der Waals surface area contributed by atoms with Crippen LogP contribution in [0.1, 0.15) is 63.0 Å². The number of hydrogen-bond donors (Lipinski definition) is 1. The molecule has 1 aromatic rings. The number of aliphatic hydroxyl groups is 1. The molecule has 0 spiro atoms. The molecule has 0 aliphatic heterocycles. The molecule has 0 amide bonds. The van der Waals surface area contributed by atoms with E-state index in [1.165, 1.54) is 43.2 Å². The lowest BCUT2D eigenvalue weighted by Crippen LogP contribution is -1.91. The Hall–Kier alpha value is -0.820. The van der Waals surface area contributed by atoms with Crippen LogP contribution in [0.4, 0.5) is 0 Å². The lowest BCUT2D eigenvalue weighted by Gasteiger charge is -2.08. The Labute approximate surface area is 106 Å². The molecule has 1 nitrogen and oxygen atoms in total. The highest BCUT2D eigenvalue weighted by Gasteiger charge is 2.00. The van der Waals surface area contributed by atoms with Crippen molar-refractivity contribution in [2.45, 2.75) is 58.3 Å². The van der Waals surface area contributed by atoms with E-state index in [9.17, 15) is 0 Å². The summed E-state index contributed by atoms with van der Waals surface area (Å²) in [5.41, 5.74) is 2.92. The smallest absolute Gasteiger partial charge is 0.0431 e. The predicted octanol–water partition coefficient (Wildman–Crippen LogP) is 4.30. The largest absolute Gasteiger partial charge is 0.396 e. The first-order valence-corrected chi connectivity index (χ1v) is 6.93. The van der Waals surface area contributed by atoms with Crippen LogP contribution in [0.3, 0.4) is 0 Å². The van der Waals surface area contributed by atoms with Crippen LogP contribution in [-0.2, 0) is 6.42 Å². The molecule has 1 heteroatoms. The predicted molar refractivity (Wildman–Crippen MR) is 74.4 cm³/mol. The van der Waals surface area contributed by atoms with Crippen LogP contribution < -0.4 is 0 Å². The van der Waals surface area contributed by atoms with Crippen molar-refractivity contribution in [3.05, 3.63) is 35.4 Å². The molecule has 0 bridgehead atoms. The number of benzene rings is 1. The third-order valence-electron chi connectivity index (χ3n) is 3.24. The molecule has 17 heavy (non-hydrogen) atoms. The van der Waals surface area contributed by atoms with Gasteiger partial charge in [0.05, 0.1) is 0 Å². The molecule has 1 N–H and O–H groups in total. The Bertz CT molecular complexity index is 304. The van der Waals surface area contributed by atoms with Crippen LogP contribution in [0, 0.1) is 0 Å². The second-order valence-electron chi connectivity index (χ2n) is 5.14. The van der Waals surface area contributed by atoms with Crippen molar-refractivity contribution in [3.63, 3.8) is 0 Å². The Balaban J connectivity index is 2.24. The van der Waals surface area contributed by atoms with Gasteiger partial charge in [-0.05, 0) is 36.3 Å². The molecule has 0 saturated carbocycles. The first-order chi connectivity index (χ1) is 8.24. The summed E-state index contributed by atoms with van der Waals surface area (Å²) < 4.78 is 0.